The second-order valence-electron chi connectivity index (χ2n) is 5.78. The molecule has 0 fully saturated rings. The van der Waals surface area contributed by atoms with E-state index in [1.54, 1.807) is 0 Å². The molecule has 0 unspecified atom stereocenters. The van der Waals surface area contributed by atoms with Crippen LogP contribution in [-0.2, 0) is 0 Å². The van der Waals surface area contributed by atoms with E-state index in [4.69, 9.17) is 0 Å². The molecule has 0 bridgehead atoms. The number of benzene rings is 3. The Morgan fingerprint density at radius 1 is 0.583 bits per heavy atom. The van der Waals surface area contributed by atoms with Crippen LogP contribution in [0, 0.1) is 0 Å². The molecule has 3 rings (SSSR count). The molecule has 0 heterocycles. The second kappa shape index (κ2) is 8.28. The van der Waals surface area contributed by atoms with Crippen molar-refractivity contribution in [3.8, 4) is 0 Å². The lowest BCUT2D eigenvalue weighted by Gasteiger charge is -2.17. The minimum atomic E-state index is 0.202. The Kier molecular flexibility index (Phi) is 5.60. The summed E-state index contributed by atoms with van der Waals surface area (Å²) in [6.07, 6.45) is 1.60. The fourth-order valence-electron chi connectivity index (χ4n) is 3.03. The highest BCUT2D eigenvalue weighted by Crippen LogP contribution is 2.34. The summed E-state index contributed by atoms with van der Waals surface area (Å²) in [5.41, 5.74) is 6.16. The zero-order valence-electron chi connectivity index (χ0n) is 13.7. The van der Waals surface area contributed by atoms with Gasteiger partial charge in [-0.25, -0.2) is 0 Å². The number of allylic oxidation sites excluding steroid dienone is 1. The number of aliphatic hydroxyl groups is 1. The van der Waals surface area contributed by atoms with Crippen molar-refractivity contribution < 1.29 is 5.11 Å². The molecule has 1 N–H and O–H groups in total. The van der Waals surface area contributed by atoms with Gasteiger partial charge in [0.25, 0.3) is 0 Å². The van der Waals surface area contributed by atoms with Gasteiger partial charge in [0.05, 0.1) is 0 Å². The Bertz CT molecular complexity index is 733. The van der Waals surface area contributed by atoms with E-state index in [0.29, 0.717) is 0 Å². The highest BCUT2D eigenvalue weighted by Gasteiger charge is 2.13. The standard InChI is InChI=1S/C23H22O/c24-18-10-17-22(19-11-4-1-5-12-19)23(20-13-6-2-7-14-20)21-15-8-3-9-16-21/h1-9,11-16,24H,10,17-18H2. The van der Waals surface area contributed by atoms with Gasteiger partial charge in [-0.05, 0) is 40.7 Å². The van der Waals surface area contributed by atoms with E-state index in [1.165, 1.54) is 27.8 Å². The van der Waals surface area contributed by atoms with Crippen LogP contribution in [0.3, 0.4) is 0 Å². The Labute approximate surface area is 143 Å². The molecule has 0 spiro atoms. The summed E-state index contributed by atoms with van der Waals surface area (Å²) in [5.74, 6) is 0. The predicted molar refractivity (Wildman–Crippen MR) is 102 cm³/mol. The summed E-state index contributed by atoms with van der Waals surface area (Å²) >= 11 is 0. The van der Waals surface area contributed by atoms with Gasteiger partial charge in [0, 0.05) is 6.61 Å². The molecule has 3 aromatic carbocycles. The minimum Gasteiger partial charge on any atom is -0.396 e. The smallest absolute Gasteiger partial charge is 0.0434 e. The lowest BCUT2D eigenvalue weighted by molar-refractivity contribution is 0.290. The summed E-state index contributed by atoms with van der Waals surface area (Å²) in [6, 6.07) is 31.5. The van der Waals surface area contributed by atoms with E-state index in [9.17, 15) is 5.11 Å². The molecule has 0 aromatic heterocycles. The van der Waals surface area contributed by atoms with Crippen molar-refractivity contribution in [3.05, 3.63) is 108 Å². The molecule has 0 amide bonds. The molecular weight excluding hydrogens is 292 g/mol. The van der Waals surface area contributed by atoms with Gasteiger partial charge in [-0.2, -0.15) is 0 Å². The van der Waals surface area contributed by atoms with Gasteiger partial charge in [-0.1, -0.05) is 91.0 Å². The molecule has 120 valence electrons. The zero-order valence-corrected chi connectivity index (χ0v) is 13.7. The van der Waals surface area contributed by atoms with Gasteiger partial charge in [-0.15, -0.1) is 0 Å². The summed E-state index contributed by atoms with van der Waals surface area (Å²) in [7, 11) is 0. The molecule has 1 nitrogen and oxygen atoms in total. The third kappa shape index (κ3) is 3.81. The van der Waals surface area contributed by atoms with Crippen molar-refractivity contribution in [2.24, 2.45) is 0 Å². The van der Waals surface area contributed by atoms with Crippen LogP contribution < -0.4 is 0 Å². The molecule has 0 saturated carbocycles. The molecule has 0 radical (unpaired) electrons. The Morgan fingerprint density at radius 2 is 1.00 bits per heavy atom. The van der Waals surface area contributed by atoms with Crippen LogP contribution in [0.25, 0.3) is 11.1 Å². The molecule has 0 saturated heterocycles. The minimum absolute atomic E-state index is 0.202. The maximum Gasteiger partial charge on any atom is 0.0434 e. The average molecular weight is 314 g/mol. The Hall–Kier alpha value is -2.64. The highest BCUT2D eigenvalue weighted by molar-refractivity contribution is 5.98. The third-order valence-electron chi connectivity index (χ3n) is 4.13. The first-order valence-corrected chi connectivity index (χ1v) is 8.40. The van der Waals surface area contributed by atoms with E-state index in [1.807, 2.05) is 18.2 Å². The van der Waals surface area contributed by atoms with Crippen molar-refractivity contribution in [1.29, 1.82) is 0 Å². The van der Waals surface area contributed by atoms with E-state index in [2.05, 4.69) is 72.8 Å². The monoisotopic (exact) mass is 314 g/mol. The van der Waals surface area contributed by atoms with Gasteiger partial charge in [0.2, 0.25) is 0 Å². The lowest BCUT2D eigenvalue weighted by Crippen LogP contribution is -1.97. The first-order valence-electron chi connectivity index (χ1n) is 8.40. The lowest BCUT2D eigenvalue weighted by atomic mass is 9.87. The number of rotatable bonds is 6. The van der Waals surface area contributed by atoms with Crippen LogP contribution in [0.1, 0.15) is 29.5 Å². The number of aliphatic hydroxyl groups excluding tert-OH is 1. The van der Waals surface area contributed by atoms with Crippen molar-refractivity contribution in [2.45, 2.75) is 12.8 Å². The first-order chi connectivity index (χ1) is 11.9. The van der Waals surface area contributed by atoms with E-state index in [-0.39, 0.29) is 6.61 Å². The fourth-order valence-corrected chi connectivity index (χ4v) is 3.03. The maximum atomic E-state index is 9.36. The average Bonchev–Trinajstić information content (AvgIpc) is 2.67. The summed E-state index contributed by atoms with van der Waals surface area (Å²) in [6.45, 7) is 0.202. The van der Waals surface area contributed by atoms with Crippen LogP contribution in [0.2, 0.25) is 0 Å². The molecule has 24 heavy (non-hydrogen) atoms. The van der Waals surface area contributed by atoms with Crippen molar-refractivity contribution in [3.63, 3.8) is 0 Å². The highest BCUT2D eigenvalue weighted by atomic mass is 16.2. The van der Waals surface area contributed by atoms with E-state index < -0.39 is 0 Å². The Morgan fingerprint density at radius 3 is 1.42 bits per heavy atom. The summed E-state index contributed by atoms with van der Waals surface area (Å²) in [5, 5.41) is 9.36. The van der Waals surface area contributed by atoms with Crippen LogP contribution >= 0.6 is 0 Å². The number of hydrogen-bond acceptors (Lipinski definition) is 1. The second-order valence-corrected chi connectivity index (χ2v) is 5.78. The first kappa shape index (κ1) is 16.2. The predicted octanol–water partition coefficient (Wildman–Crippen LogP) is 5.42. The topological polar surface area (TPSA) is 20.2 Å². The van der Waals surface area contributed by atoms with Gasteiger partial charge < -0.3 is 5.11 Å². The van der Waals surface area contributed by atoms with Crippen molar-refractivity contribution in [2.75, 3.05) is 6.61 Å². The molecule has 3 aromatic rings. The molecule has 0 aliphatic heterocycles. The van der Waals surface area contributed by atoms with E-state index >= 15 is 0 Å². The fraction of sp³-hybridized carbons (Fsp3) is 0.130. The molecular formula is C23H22O. The van der Waals surface area contributed by atoms with Gasteiger partial charge in [0.15, 0.2) is 0 Å². The summed E-state index contributed by atoms with van der Waals surface area (Å²) in [4.78, 5) is 0. The van der Waals surface area contributed by atoms with Crippen LogP contribution in [0.4, 0.5) is 0 Å². The quantitative estimate of drug-likeness (QED) is 0.602. The van der Waals surface area contributed by atoms with E-state index in [0.717, 1.165) is 12.8 Å². The van der Waals surface area contributed by atoms with Crippen LogP contribution in [-0.4, -0.2) is 11.7 Å². The molecule has 0 aliphatic rings. The summed E-state index contributed by atoms with van der Waals surface area (Å²) < 4.78 is 0. The maximum absolute atomic E-state index is 9.36. The number of hydrogen-bond donors (Lipinski definition) is 1. The molecule has 0 aliphatic carbocycles. The SMILES string of the molecule is OCCCC(=C(c1ccccc1)c1ccccc1)c1ccccc1. The normalized spacial score (nSPS) is 10.4. The molecule has 0 atom stereocenters. The zero-order chi connectivity index (χ0) is 16.6. The van der Waals surface area contributed by atoms with Crippen LogP contribution in [0.5, 0.6) is 0 Å². The van der Waals surface area contributed by atoms with Crippen molar-refractivity contribution >= 4 is 11.1 Å². The van der Waals surface area contributed by atoms with Gasteiger partial charge >= 0.3 is 0 Å². The van der Waals surface area contributed by atoms with Gasteiger partial charge in [-0.3, -0.25) is 0 Å². The van der Waals surface area contributed by atoms with Gasteiger partial charge in [0.1, 0.15) is 0 Å². The Balaban J connectivity index is 2.24. The molecule has 1 heteroatoms. The third-order valence-corrected chi connectivity index (χ3v) is 4.13. The largest absolute Gasteiger partial charge is 0.396 e. The van der Waals surface area contributed by atoms with Crippen molar-refractivity contribution in [1.82, 2.24) is 0 Å². The van der Waals surface area contributed by atoms with Crippen LogP contribution in [0.15, 0.2) is 91.0 Å².